The molecule has 1 aliphatic heterocycles. The zero-order valence-corrected chi connectivity index (χ0v) is 18.7. The van der Waals surface area contributed by atoms with E-state index in [1.54, 1.807) is 12.1 Å². The number of nitrogens with zero attached hydrogens (tertiary/aromatic N) is 1. The Kier molecular flexibility index (Phi) is 5.37. The topological polar surface area (TPSA) is 50.5 Å². The molecule has 0 spiro atoms. The summed E-state index contributed by atoms with van der Waals surface area (Å²) in [4.78, 5) is 27.2. The highest BCUT2D eigenvalue weighted by molar-refractivity contribution is 8.18. The van der Waals surface area contributed by atoms with Gasteiger partial charge in [-0.15, -0.1) is 0 Å². The maximum atomic E-state index is 13.0. The Morgan fingerprint density at radius 3 is 2.69 bits per heavy atom. The van der Waals surface area contributed by atoms with Gasteiger partial charge in [0.25, 0.3) is 11.1 Å². The summed E-state index contributed by atoms with van der Waals surface area (Å²) in [5.74, 6) is 0.853. The largest absolute Gasteiger partial charge is 0.457 e. The van der Waals surface area contributed by atoms with Crippen LogP contribution >= 0.6 is 23.4 Å². The number of halogens is 1. The highest BCUT2D eigenvalue weighted by atomic mass is 35.5. The van der Waals surface area contributed by atoms with Gasteiger partial charge < -0.3 is 4.42 Å². The smallest absolute Gasteiger partial charge is 0.293 e. The van der Waals surface area contributed by atoms with Crippen molar-refractivity contribution < 1.29 is 14.0 Å². The van der Waals surface area contributed by atoms with Crippen molar-refractivity contribution in [3.8, 4) is 11.3 Å². The fourth-order valence-electron chi connectivity index (χ4n) is 3.80. The lowest BCUT2D eigenvalue weighted by molar-refractivity contribution is -0.123. The Morgan fingerprint density at radius 1 is 1.00 bits per heavy atom. The Morgan fingerprint density at radius 2 is 1.81 bits per heavy atom. The molecular weight excluding hydrogens is 442 g/mol. The lowest BCUT2D eigenvalue weighted by Crippen LogP contribution is -2.27. The normalized spacial score (nSPS) is 15.3. The minimum Gasteiger partial charge on any atom is -0.457 e. The third-order valence-electron chi connectivity index (χ3n) is 5.45. The Balaban J connectivity index is 1.40. The van der Waals surface area contributed by atoms with Crippen LogP contribution in [0.3, 0.4) is 0 Å². The maximum Gasteiger partial charge on any atom is 0.293 e. The van der Waals surface area contributed by atoms with Gasteiger partial charge in [0, 0.05) is 16.7 Å². The fourth-order valence-corrected chi connectivity index (χ4v) is 4.79. The molecule has 1 fully saturated rings. The van der Waals surface area contributed by atoms with Crippen molar-refractivity contribution in [2.24, 2.45) is 0 Å². The molecule has 4 nitrogen and oxygen atoms in total. The molecule has 1 saturated heterocycles. The van der Waals surface area contributed by atoms with Gasteiger partial charge in [-0.1, -0.05) is 60.1 Å². The fraction of sp³-hybridized carbons (Fsp3) is 0.0769. The van der Waals surface area contributed by atoms with E-state index in [0.29, 0.717) is 21.4 Å². The van der Waals surface area contributed by atoms with Crippen LogP contribution in [-0.2, 0) is 11.3 Å². The second-order valence-corrected chi connectivity index (χ2v) is 9.00. The summed E-state index contributed by atoms with van der Waals surface area (Å²) >= 11 is 7.05. The molecule has 3 aromatic carbocycles. The van der Waals surface area contributed by atoms with Crippen molar-refractivity contribution >= 4 is 51.4 Å². The second kappa shape index (κ2) is 8.34. The van der Waals surface area contributed by atoms with Gasteiger partial charge in [0.2, 0.25) is 0 Å². The zero-order chi connectivity index (χ0) is 22.2. The summed E-state index contributed by atoms with van der Waals surface area (Å²) in [6.45, 7) is 2.21. The first-order valence-corrected chi connectivity index (χ1v) is 11.3. The van der Waals surface area contributed by atoms with Crippen LogP contribution in [0.4, 0.5) is 4.79 Å². The molecule has 2 amide bonds. The molecule has 0 bridgehead atoms. The first-order chi connectivity index (χ1) is 15.5. The van der Waals surface area contributed by atoms with E-state index < -0.39 is 0 Å². The summed E-state index contributed by atoms with van der Waals surface area (Å²) in [7, 11) is 0. The lowest BCUT2D eigenvalue weighted by Gasteiger charge is -2.14. The zero-order valence-electron chi connectivity index (χ0n) is 17.2. The van der Waals surface area contributed by atoms with Crippen LogP contribution in [0.15, 0.2) is 82.1 Å². The van der Waals surface area contributed by atoms with Crippen molar-refractivity contribution in [3.05, 3.63) is 99.6 Å². The molecule has 0 unspecified atom stereocenters. The summed E-state index contributed by atoms with van der Waals surface area (Å²) < 4.78 is 5.93. The molecule has 0 N–H and O–H groups in total. The number of furan rings is 1. The van der Waals surface area contributed by atoms with Gasteiger partial charge in [0.1, 0.15) is 11.5 Å². The number of amides is 2. The van der Waals surface area contributed by atoms with Gasteiger partial charge in [0.15, 0.2) is 0 Å². The van der Waals surface area contributed by atoms with Crippen LogP contribution in [-0.4, -0.2) is 16.0 Å². The predicted octanol–water partition coefficient (Wildman–Crippen LogP) is 7.30. The second-order valence-electron chi connectivity index (χ2n) is 7.57. The molecule has 1 aliphatic rings. The van der Waals surface area contributed by atoms with Gasteiger partial charge in [-0.25, -0.2) is 0 Å². The predicted molar refractivity (Wildman–Crippen MR) is 129 cm³/mol. The summed E-state index contributed by atoms with van der Waals surface area (Å²) in [5.41, 5.74) is 2.86. The molecule has 32 heavy (non-hydrogen) atoms. The average molecular weight is 460 g/mol. The highest BCUT2D eigenvalue weighted by Gasteiger charge is 2.35. The molecule has 0 saturated carbocycles. The molecule has 158 valence electrons. The minimum absolute atomic E-state index is 0.231. The number of fused-ring (bicyclic) bond motifs is 1. The van der Waals surface area contributed by atoms with E-state index in [0.717, 1.165) is 39.2 Å². The van der Waals surface area contributed by atoms with Crippen molar-refractivity contribution in [1.82, 2.24) is 4.90 Å². The lowest BCUT2D eigenvalue weighted by atomic mass is 10.0. The highest BCUT2D eigenvalue weighted by Crippen LogP contribution is 2.35. The number of imide groups is 1. The molecule has 0 radical (unpaired) electrons. The molecule has 6 heteroatoms. The third kappa shape index (κ3) is 3.85. The van der Waals surface area contributed by atoms with Crippen molar-refractivity contribution in [1.29, 1.82) is 0 Å². The van der Waals surface area contributed by atoms with Crippen molar-refractivity contribution in [3.63, 3.8) is 0 Å². The van der Waals surface area contributed by atoms with Gasteiger partial charge in [-0.3, -0.25) is 14.5 Å². The number of thioether (sulfide) groups is 1. The van der Waals surface area contributed by atoms with E-state index in [1.165, 1.54) is 4.90 Å². The Hall–Kier alpha value is -3.28. The molecule has 5 rings (SSSR count). The van der Waals surface area contributed by atoms with Crippen molar-refractivity contribution in [2.75, 3.05) is 0 Å². The van der Waals surface area contributed by atoms with Gasteiger partial charge in [-0.05, 0) is 64.9 Å². The molecular formula is C26H18ClNO3S. The third-order valence-corrected chi connectivity index (χ3v) is 6.59. The maximum absolute atomic E-state index is 13.0. The average Bonchev–Trinajstić information content (AvgIpc) is 3.36. The Bertz CT molecular complexity index is 1400. The summed E-state index contributed by atoms with van der Waals surface area (Å²) in [5, 5.41) is 2.45. The van der Waals surface area contributed by atoms with Gasteiger partial charge >= 0.3 is 0 Å². The van der Waals surface area contributed by atoms with E-state index in [2.05, 4.69) is 0 Å². The number of rotatable bonds is 4. The molecule has 0 atom stereocenters. The number of carbonyl (C=O) groups is 2. The molecule has 4 aromatic rings. The standard InChI is InChI=1S/C26H18ClNO3S/c1-16-9-10-19(27)13-22(16)23-12-11-20(31-23)14-24-25(29)28(26(30)32-24)15-18-7-4-6-17-5-2-3-8-21(17)18/h2-14H,15H2,1H3/b24-14+. The first kappa shape index (κ1) is 20.6. The Labute approximate surface area is 194 Å². The number of carbonyl (C=O) groups excluding carboxylic acids is 2. The van der Waals surface area contributed by atoms with Crippen LogP contribution in [0.5, 0.6) is 0 Å². The number of hydrogen-bond donors (Lipinski definition) is 0. The van der Waals surface area contributed by atoms with E-state index in [4.69, 9.17) is 16.0 Å². The SMILES string of the molecule is Cc1ccc(Cl)cc1-c1ccc(/C=C2/SC(=O)N(Cc3cccc4ccccc34)C2=O)o1. The minimum atomic E-state index is -0.315. The molecule has 0 aliphatic carbocycles. The quantitative estimate of drug-likeness (QED) is 0.300. The molecule has 2 heterocycles. The summed E-state index contributed by atoms with van der Waals surface area (Å²) in [6, 6.07) is 23.1. The van der Waals surface area contributed by atoms with Crippen LogP contribution in [0.1, 0.15) is 16.9 Å². The van der Waals surface area contributed by atoms with Crippen LogP contribution in [0.2, 0.25) is 5.02 Å². The van der Waals surface area contributed by atoms with E-state index in [9.17, 15) is 9.59 Å². The monoisotopic (exact) mass is 459 g/mol. The van der Waals surface area contributed by atoms with Crippen molar-refractivity contribution in [2.45, 2.75) is 13.5 Å². The van der Waals surface area contributed by atoms with E-state index in [-0.39, 0.29) is 17.7 Å². The number of benzene rings is 3. The van der Waals surface area contributed by atoms with Crippen LogP contribution < -0.4 is 0 Å². The number of aryl methyl sites for hydroxylation is 1. The van der Waals surface area contributed by atoms with Crippen LogP contribution in [0.25, 0.3) is 28.2 Å². The van der Waals surface area contributed by atoms with Crippen LogP contribution in [0, 0.1) is 6.92 Å². The van der Waals surface area contributed by atoms with E-state index >= 15 is 0 Å². The van der Waals surface area contributed by atoms with E-state index in [1.807, 2.05) is 73.7 Å². The first-order valence-electron chi connectivity index (χ1n) is 10.1. The summed E-state index contributed by atoms with van der Waals surface area (Å²) in [6.07, 6.45) is 1.62. The number of hydrogen-bond acceptors (Lipinski definition) is 4. The van der Waals surface area contributed by atoms with Gasteiger partial charge in [-0.2, -0.15) is 0 Å². The molecule has 1 aromatic heterocycles. The van der Waals surface area contributed by atoms with Gasteiger partial charge in [0.05, 0.1) is 11.4 Å².